The second-order valence-corrected chi connectivity index (χ2v) is 5.07. The summed E-state index contributed by atoms with van der Waals surface area (Å²) in [6, 6.07) is 18.1. The second kappa shape index (κ2) is 7.64. The molecule has 0 saturated heterocycles. The van der Waals surface area contributed by atoms with Gasteiger partial charge in [0, 0.05) is 0 Å². The Morgan fingerprint density at radius 2 is 1.76 bits per heavy atom. The maximum Gasteiger partial charge on any atom is 0.171 e. The number of hydrogen-bond donors (Lipinski definition) is 2. The van der Waals surface area contributed by atoms with Crippen LogP contribution in [0.2, 0.25) is 0 Å². The molecule has 1 unspecified atom stereocenters. The molecule has 0 spiro atoms. The first-order valence-electron chi connectivity index (χ1n) is 7.05. The van der Waals surface area contributed by atoms with Gasteiger partial charge in [0.25, 0.3) is 0 Å². The number of nitrogens with one attached hydrogen (secondary N) is 2. The molecular weight excluding hydrogens is 280 g/mol. The largest absolute Gasteiger partial charge is 0.492 e. The number of para-hydroxylation sites is 2. The highest BCUT2D eigenvalue weighted by Crippen LogP contribution is 2.23. The monoisotopic (exact) mass is 300 g/mol. The average molecular weight is 300 g/mol. The molecule has 0 aliphatic rings. The molecule has 0 saturated carbocycles. The third-order valence-electron chi connectivity index (χ3n) is 3.08. The first-order valence-corrected chi connectivity index (χ1v) is 7.46. The Balaban J connectivity index is 1.99. The molecule has 0 aliphatic heterocycles. The summed E-state index contributed by atoms with van der Waals surface area (Å²) < 4.78 is 5.58. The van der Waals surface area contributed by atoms with E-state index in [1.807, 2.05) is 49.4 Å². The van der Waals surface area contributed by atoms with Crippen molar-refractivity contribution in [3.8, 4) is 5.75 Å². The smallest absolute Gasteiger partial charge is 0.171 e. The molecule has 2 N–H and O–H groups in total. The van der Waals surface area contributed by atoms with E-state index in [9.17, 15) is 0 Å². The van der Waals surface area contributed by atoms with Crippen molar-refractivity contribution < 1.29 is 4.74 Å². The number of rotatable bonds is 5. The average Bonchev–Trinajstić information content (AvgIpc) is 2.50. The zero-order valence-corrected chi connectivity index (χ0v) is 13.1. The number of anilines is 1. The van der Waals surface area contributed by atoms with Crippen LogP contribution in [-0.4, -0.2) is 11.7 Å². The van der Waals surface area contributed by atoms with Crippen LogP contribution in [0.3, 0.4) is 0 Å². The lowest BCUT2D eigenvalue weighted by atomic mass is 10.1. The molecule has 0 radical (unpaired) electrons. The van der Waals surface area contributed by atoms with Crippen molar-refractivity contribution >= 4 is 23.0 Å². The minimum Gasteiger partial charge on any atom is -0.492 e. The molecule has 4 heteroatoms. The Bertz CT molecular complexity index is 586. The predicted molar refractivity (Wildman–Crippen MR) is 91.8 cm³/mol. The van der Waals surface area contributed by atoms with Crippen molar-refractivity contribution in [2.24, 2.45) is 0 Å². The van der Waals surface area contributed by atoms with E-state index in [1.165, 1.54) is 5.56 Å². The highest BCUT2D eigenvalue weighted by Gasteiger charge is 2.08. The molecule has 0 aliphatic carbocycles. The highest BCUT2D eigenvalue weighted by molar-refractivity contribution is 7.80. The molecule has 0 amide bonds. The number of benzene rings is 2. The summed E-state index contributed by atoms with van der Waals surface area (Å²) in [6.07, 6.45) is 0. The van der Waals surface area contributed by atoms with Crippen LogP contribution in [0.4, 0.5) is 5.69 Å². The van der Waals surface area contributed by atoms with E-state index in [0.29, 0.717) is 11.7 Å². The zero-order valence-electron chi connectivity index (χ0n) is 12.3. The first-order chi connectivity index (χ1) is 10.2. The normalized spacial score (nSPS) is 11.5. The first kappa shape index (κ1) is 15.3. The van der Waals surface area contributed by atoms with Gasteiger partial charge in [-0.3, -0.25) is 0 Å². The molecule has 2 aromatic carbocycles. The summed E-state index contributed by atoms with van der Waals surface area (Å²) in [5, 5.41) is 7.05. The third-order valence-corrected chi connectivity index (χ3v) is 3.30. The fourth-order valence-electron chi connectivity index (χ4n) is 2.03. The van der Waals surface area contributed by atoms with Crippen molar-refractivity contribution in [3.05, 3.63) is 60.2 Å². The predicted octanol–water partition coefficient (Wildman–Crippen LogP) is 4.13. The molecular formula is C17H20N2OS. The van der Waals surface area contributed by atoms with Crippen molar-refractivity contribution in [1.29, 1.82) is 0 Å². The molecule has 21 heavy (non-hydrogen) atoms. The van der Waals surface area contributed by atoms with Gasteiger partial charge in [0.15, 0.2) is 5.11 Å². The van der Waals surface area contributed by atoms with Crippen LogP contribution in [0.1, 0.15) is 25.5 Å². The summed E-state index contributed by atoms with van der Waals surface area (Å²) in [5.41, 5.74) is 2.07. The van der Waals surface area contributed by atoms with Gasteiger partial charge in [-0.15, -0.1) is 0 Å². The van der Waals surface area contributed by atoms with Gasteiger partial charge < -0.3 is 15.4 Å². The van der Waals surface area contributed by atoms with Gasteiger partial charge >= 0.3 is 0 Å². The molecule has 0 aromatic heterocycles. The Morgan fingerprint density at radius 3 is 2.48 bits per heavy atom. The van der Waals surface area contributed by atoms with E-state index in [0.717, 1.165) is 11.4 Å². The molecule has 0 heterocycles. The second-order valence-electron chi connectivity index (χ2n) is 4.66. The number of ether oxygens (including phenoxy) is 1. The molecule has 3 nitrogen and oxygen atoms in total. The van der Waals surface area contributed by atoms with Crippen LogP contribution in [-0.2, 0) is 0 Å². The minimum atomic E-state index is 0.144. The van der Waals surface area contributed by atoms with Crippen LogP contribution in [0.15, 0.2) is 54.6 Å². The third kappa shape index (κ3) is 4.46. The maximum absolute atomic E-state index is 5.58. The topological polar surface area (TPSA) is 33.3 Å². The van der Waals surface area contributed by atoms with E-state index in [-0.39, 0.29) is 6.04 Å². The van der Waals surface area contributed by atoms with Crippen molar-refractivity contribution in [2.45, 2.75) is 19.9 Å². The Hall–Kier alpha value is -2.07. The lowest BCUT2D eigenvalue weighted by molar-refractivity contribution is 0.342. The lowest BCUT2D eigenvalue weighted by Gasteiger charge is -2.18. The number of hydrogen-bond acceptors (Lipinski definition) is 2. The van der Waals surface area contributed by atoms with Gasteiger partial charge in [0.2, 0.25) is 0 Å². The molecule has 0 fully saturated rings. The van der Waals surface area contributed by atoms with E-state index >= 15 is 0 Å². The maximum atomic E-state index is 5.58. The molecule has 0 bridgehead atoms. The van der Waals surface area contributed by atoms with E-state index < -0.39 is 0 Å². The van der Waals surface area contributed by atoms with Crippen LogP contribution in [0.25, 0.3) is 0 Å². The van der Waals surface area contributed by atoms with Gasteiger partial charge in [-0.25, -0.2) is 0 Å². The Morgan fingerprint density at radius 1 is 1.10 bits per heavy atom. The zero-order chi connectivity index (χ0) is 15.1. The lowest BCUT2D eigenvalue weighted by Crippen LogP contribution is -2.31. The van der Waals surface area contributed by atoms with Crippen molar-refractivity contribution in [3.63, 3.8) is 0 Å². The van der Waals surface area contributed by atoms with Gasteiger partial charge in [0.1, 0.15) is 5.75 Å². The number of thiocarbonyl (C=S) groups is 1. The molecule has 110 valence electrons. The Kier molecular flexibility index (Phi) is 5.58. The highest BCUT2D eigenvalue weighted by atomic mass is 32.1. The Labute approximate surface area is 131 Å². The van der Waals surface area contributed by atoms with Crippen molar-refractivity contribution in [1.82, 2.24) is 5.32 Å². The summed E-state index contributed by atoms with van der Waals surface area (Å²) in [6.45, 7) is 4.67. The fourth-order valence-corrected chi connectivity index (χ4v) is 2.32. The summed E-state index contributed by atoms with van der Waals surface area (Å²) in [7, 11) is 0. The summed E-state index contributed by atoms with van der Waals surface area (Å²) in [5.74, 6) is 0.802. The van der Waals surface area contributed by atoms with E-state index in [2.05, 4.69) is 29.7 Å². The van der Waals surface area contributed by atoms with Crippen LogP contribution < -0.4 is 15.4 Å². The van der Waals surface area contributed by atoms with Gasteiger partial charge in [-0.1, -0.05) is 42.5 Å². The summed E-state index contributed by atoms with van der Waals surface area (Å²) >= 11 is 5.38. The molecule has 2 rings (SSSR count). The van der Waals surface area contributed by atoms with Crippen LogP contribution in [0, 0.1) is 0 Å². The van der Waals surface area contributed by atoms with Crippen LogP contribution >= 0.6 is 12.2 Å². The minimum absolute atomic E-state index is 0.144. The summed E-state index contributed by atoms with van der Waals surface area (Å²) in [4.78, 5) is 0. The van der Waals surface area contributed by atoms with Gasteiger partial charge in [-0.2, -0.15) is 0 Å². The van der Waals surface area contributed by atoms with Gasteiger partial charge in [0.05, 0.1) is 18.3 Å². The van der Waals surface area contributed by atoms with E-state index in [4.69, 9.17) is 17.0 Å². The molecule has 1 atom stereocenters. The standard InChI is InChI=1S/C17H20N2OS/c1-3-20-16-12-8-7-11-15(16)19-17(21)18-13(2)14-9-5-4-6-10-14/h4-13H,3H2,1-2H3,(H2,18,19,21). The quantitative estimate of drug-likeness (QED) is 0.813. The fraction of sp³-hybridized carbons (Fsp3) is 0.235. The van der Waals surface area contributed by atoms with E-state index in [1.54, 1.807) is 0 Å². The molecule has 2 aromatic rings. The van der Waals surface area contributed by atoms with Gasteiger partial charge in [-0.05, 0) is 43.8 Å². The van der Waals surface area contributed by atoms with Crippen LogP contribution in [0.5, 0.6) is 5.75 Å². The SMILES string of the molecule is CCOc1ccccc1NC(=S)NC(C)c1ccccc1. The van der Waals surface area contributed by atoms with Crippen molar-refractivity contribution in [2.75, 3.05) is 11.9 Å².